The molecule has 0 unspecified atom stereocenters. The number of phenols is 1. The van der Waals surface area contributed by atoms with Gasteiger partial charge in [-0.05, 0) is 42.3 Å². The molecule has 1 amide bonds. The molecule has 20 heavy (non-hydrogen) atoms. The fourth-order valence-corrected chi connectivity index (χ4v) is 1.61. The normalized spacial score (nSPS) is 10.7. The van der Waals surface area contributed by atoms with Crippen LogP contribution in [0, 0.1) is 12.7 Å². The maximum Gasteiger partial charge on any atom is 0.275 e. The Morgan fingerprint density at radius 2 is 1.95 bits per heavy atom. The second-order valence-electron chi connectivity index (χ2n) is 4.27. The quantitative estimate of drug-likeness (QED) is 0.666. The Balaban J connectivity index is 2.03. The molecule has 102 valence electrons. The summed E-state index contributed by atoms with van der Waals surface area (Å²) in [5.41, 5.74) is 3.95. The van der Waals surface area contributed by atoms with Gasteiger partial charge >= 0.3 is 0 Å². The first-order chi connectivity index (χ1) is 9.56. The van der Waals surface area contributed by atoms with Gasteiger partial charge in [-0.2, -0.15) is 5.10 Å². The van der Waals surface area contributed by atoms with Crippen molar-refractivity contribution in [2.45, 2.75) is 6.92 Å². The number of carbonyl (C=O) groups is 1. The van der Waals surface area contributed by atoms with E-state index >= 15 is 0 Å². The summed E-state index contributed by atoms with van der Waals surface area (Å²) in [6.07, 6.45) is 1.39. The summed E-state index contributed by atoms with van der Waals surface area (Å²) in [4.78, 5) is 11.8. The van der Waals surface area contributed by atoms with Crippen LogP contribution in [0.5, 0.6) is 5.75 Å². The standard InChI is InChI=1S/C15H13FN2O2/c1-10-2-7-13(14(19)8-10)15(20)18-17-9-11-3-5-12(16)6-4-11/h2-9,19H,1H3,(H,18,20)/b17-9+. The second kappa shape index (κ2) is 5.97. The van der Waals surface area contributed by atoms with Crippen molar-refractivity contribution in [2.75, 3.05) is 0 Å². The van der Waals surface area contributed by atoms with Crippen molar-refractivity contribution in [3.8, 4) is 5.75 Å². The molecule has 0 aliphatic heterocycles. The lowest BCUT2D eigenvalue weighted by molar-refractivity contribution is 0.0952. The number of aryl methyl sites for hydroxylation is 1. The first kappa shape index (κ1) is 13.7. The summed E-state index contributed by atoms with van der Waals surface area (Å²) < 4.78 is 12.7. The van der Waals surface area contributed by atoms with Gasteiger partial charge in [0, 0.05) is 0 Å². The zero-order valence-electron chi connectivity index (χ0n) is 10.8. The van der Waals surface area contributed by atoms with Crippen molar-refractivity contribution < 1.29 is 14.3 Å². The van der Waals surface area contributed by atoms with E-state index in [1.165, 1.54) is 42.6 Å². The first-order valence-electron chi connectivity index (χ1n) is 5.95. The van der Waals surface area contributed by atoms with Gasteiger partial charge in [0.25, 0.3) is 5.91 Å². The zero-order chi connectivity index (χ0) is 14.5. The lowest BCUT2D eigenvalue weighted by Gasteiger charge is -2.03. The predicted octanol–water partition coefficient (Wildman–Crippen LogP) is 2.60. The minimum atomic E-state index is -0.513. The van der Waals surface area contributed by atoms with Crippen LogP contribution in [0.25, 0.3) is 0 Å². The average molecular weight is 272 g/mol. The number of benzene rings is 2. The summed E-state index contributed by atoms with van der Waals surface area (Å²) in [6, 6.07) is 10.4. The van der Waals surface area contributed by atoms with Gasteiger partial charge in [0.15, 0.2) is 0 Å². The highest BCUT2D eigenvalue weighted by Gasteiger charge is 2.09. The second-order valence-corrected chi connectivity index (χ2v) is 4.27. The van der Waals surface area contributed by atoms with Crippen molar-refractivity contribution >= 4 is 12.1 Å². The van der Waals surface area contributed by atoms with Crippen LogP contribution in [0.3, 0.4) is 0 Å². The van der Waals surface area contributed by atoms with E-state index in [2.05, 4.69) is 10.5 Å². The zero-order valence-corrected chi connectivity index (χ0v) is 10.8. The van der Waals surface area contributed by atoms with Crippen molar-refractivity contribution in [3.63, 3.8) is 0 Å². The van der Waals surface area contributed by atoms with Crippen LogP contribution >= 0.6 is 0 Å². The Labute approximate surface area is 115 Å². The van der Waals surface area contributed by atoms with Gasteiger partial charge in [-0.25, -0.2) is 9.82 Å². The summed E-state index contributed by atoms with van der Waals surface area (Å²) in [5, 5.41) is 13.4. The topological polar surface area (TPSA) is 61.7 Å². The molecule has 0 bridgehead atoms. The molecule has 2 aromatic rings. The Morgan fingerprint density at radius 3 is 2.60 bits per heavy atom. The molecule has 0 atom stereocenters. The minimum absolute atomic E-state index is 0.0977. The van der Waals surface area contributed by atoms with E-state index in [4.69, 9.17) is 0 Å². The highest BCUT2D eigenvalue weighted by Crippen LogP contribution is 2.17. The van der Waals surface area contributed by atoms with Crippen molar-refractivity contribution in [2.24, 2.45) is 5.10 Å². The van der Waals surface area contributed by atoms with E-state index in [-0.39, 0.29) is 17.1 Å². The third-order valence-corrected chi connectivity index (χ3v) is 2.65. The predicted molar refractivity (Wildman–Crippen MR) is 74.3 cm³/mol. The van der Waals surface area contributed by atoms with E-state index < -0.39 is 5.91 Å². The largest absolute Gasteiger partial charge is 0.507 e. The molecule has 4 nitrogen and oxygen atoms in total. The number of carbonyl (C=O) groups excluding carboxylic acids is 1. The molecule has 0 aromatic heterocycles. The lowest BCUT2D eigenvalue weighted by atomic mass is 10.1. The van der Waals surface area contributed by atoms with E-state index in [0.29, 0.717) is 5.56 Å². The summed E-state index contributed by atoms with van der Waals surface area (Å²) in [5.74, 6) is -0.948. The number of hydrogen-bond donors (Lipinski definition) is 2. The van der Waals surface area contributed by atoms with Crippen LogP contribution in [0.4, 0.5) is 4.39 Å². The summed E-state index contributed by atoms with van der Waals surface area (Å²) >= 11 is 0. The lowest BCUT2D eigenvalue weighted by Crippen LogP contribution is -2.17. The molecule has 2 N–H and O–H groups in total. The van der Waals surface area contributed by atoms with Crippen LogP contribution < -0.4 is 5.43 Å². The highest BCUT2D eigenvalue weighted by atomic mass is 19.1. The van der Waals surface area contributed by atoms with Crippen LogP contribution in [-0.4, -0.2) is 17.2 Å². The molecular weight excluding hydrogens is 259 g/mol. The number of hydrazone groups is 1. The molecule has 0 saturated carbocycles. The van der Waals surface area contributed by atoms with E-state index in [1.54, 1.807) is 6.07 Å². The Kier molecular flexibility index (Phi) is 4.10. The SMILES string of the molecule is Cc1ccc(C(=O)N/N=C/c2ccc(F)cc2)c(O)c1. The Hall–Kier alpha value is -2.69. The van der Waals surface area contributed by atoms with E-state index in [0.717, 1.165) is 5.56 Å². The number of nitrogens with one attached hydrogen (secondary N) is 1. The molecular formula is C15H13FN2O2. The number of amides is 1. The number of hydrogen-bond acceptors (Lipinski definition) is 3. The van der Waals surface area contributed by atoms with Gasteiger partial charge in [0.2, 0.25) is 0 Å². The number of halogens is 1. The maximum atomic E-state index is 12.7. The highest BCUT2D eigenvalue weighted by molar-refractivity contribution is 5.97. The van der Waals surface area contributed by atoms with Gasteiger partial charge < -0.3 is 5.11 Å². The number of aromatic hydroxyl groups is 1. The molecule has 0 radical (unpaired) electrons. The van der Waals surface area contributed by atoms with Gasteiger partial charge in [-0.3, -0.25) is 4.79 Å². The van der Waals surface area contributed by atoms with E-state index in [1.807, 2.05) is 6.92 Å². The summed E-state index contributed by atoms with van der Waals surface area (Å²) in [6.45, 7) is 1.81. The van der Waals surface area contributed by atoms with Gasteiger partial charge in [-0.15, -0.1) is 0 Å². The van der Waals surface area contributed by atoms with Crippen LogP contribution in [0.2, 0.25) is 0 Å². The van der Waals surface area contributed by atoms with Gasteiger partial charge in [0.1, 0.15) is 11.6 Å². The van der Waals surface area contributed by atoms with E-state index in [9.17, 15) is 14.3 Å². The van der Waals surface area contributed by atoms with Crippen LogP contribution in [0.15, 0.2) is 47.6 Å². The van der Waals surface area contributed by atoms with Crippen molar-refractivity contribution in [1.29, 1.82) is 0 Å². The Bertz CT molecular complexity index is 651. The monoisotopic (exact) mass is 272 g/mol. The third-order valence-electron chi connectivity index (χ3n) is 2.65. The molecule has 0 fully saturated rings. The molecule has 2 aromatic carbocycles. The molecule has 5 heteroatoms. The van der Waals surface area contributed by atoms with Crippen LogP contribution in [0.1, 0.15) is 21.5 Å². The number of rotatable bonds is 3. The smallest absolute Gasteiger partial charge is 0.275 e. The number of nitrogens with zero attached hydrogens (tertiary/aromatic N) is 1. The molecule has 0 aliphatic carbocycles. The number of phenolic OH excluding ortho intramolecular Hbond substituents is 1. The third kappa shape index (κ3) is 3.41. The fraction of sp³-hybridized carbons (Fsp3) is 0.0667. The van der Waals surface area contributed by atoms with Gasteiger partial charge in [-0.1, -0.05) is 18.2 Å². The first-order valence-corrected chi connectivity index (χ1v) is 5.95. The fourth-order valence-electron chi connectivity index (χ4n) is 1.61. The molecule has 2 rings (SSSR count). The summed E-state index contributed by atoms with van der Waals surface area (Å²) in [7, 11) is 0. The average Bonchev–Trinajstić information content (AvgIpc) is 2.41. The molecule has 0 heterocycles. The van der Waals surface area contributed by atoms with Crippen LogP contribution in [-0.2, 0) is 0 Å². The molecule has 0 aliphatic rings. The van der Waals surface area contributed by atoms with Gasteiger partial charge in [0.05, 0.1) is 11.8 Å². The maximum absolute atomic E-state index is 12.7. The minimum Gasteiger partial charge on any atom is -0.507 e. The Morgan fingerprint density at radius 1 is 1.25 bits per heavy atom. The van der Waals surface area contributed by atoms with Crippen molar-refractivity contribution in [3.05, 3.63) is 65.0 Å². The molecule has 0 spiro atoms. The molecule has 0 saturated heterocycles. The van der Waals surface area contributed by atoms with Crippen molar-refractivity contribution in [1.82, 2.24) is 5.43 Å².